The van der Waals surface area contributed by atoms with Crippen LogP contribution in [0.15, 0.2) is 103 Å². The van der Waals surface area contributed by atoms with Crippen LogP contribution in [0.25, 0.3) is 0 Å². The number of aromatic hydroxyl groups is 1. The fraction of sp³-hybridized carbons (Fsp3) is 0.391. The highest BCUT2D eigenvalue weighted by Crippen LogP contribution is 2.47. The Labute approximate surface area is 318 Å². The molecular formula is C46H50N4O4. The molecule has 0 bridgehead atoms. The van der Waals surface area contributed by atoms with E-state index in [9.17, 15) is 14.7 Å². The second-order valence-electron chi connectivity index (χ2n) is 16.1. The van der Waals surface area contributed by atoms with E-state index in [-0.39, 0.29) is 17.7 Å². The first-order valence-corrected chi connectivity index (χ1v) is 19.9. The maximum Gasteiger partial charge on any atom is 0.255 e. The summed E-state index contributed by atoms with van der Waals surface area (Å²) >= 11 is 0. The number of phenols is 1. The molecule has 9 rings (SSSR count). The van der Waals surface area contributed by atoms with Gasteiger partial charge in [-0.25, -0.2) is 0 Å². The number of phenolic OH excluding ortho intramolecular Hbond substituents is 1. The zero-order valence-electron chi connectivity index (χ0n) is 31.0. The van der Waals surface area contributed by atoms with Crippen molar-refractivity contribution in [3.05, 3.63) is 137 Å². The van der Waals surface area contributed by atoms with Gasteiger partial charge in [-0.15, -0.1) is 0 Å². The highest BCUT2D eigenvalue weighted by molar-refractivity contribution is 6.01. The molecule has 4 aromatic rings. The van der Waals surface area contributed by atoms with Crippen molar-refractivity contribution in [2.75, 3.05) is 44.2 Å². The molecule has 278 valence electrons. The lowest BCUT2D eigenvalue weighted by Crippen LogP contribution is -2.49. The number of carbonyl (C=O) groups is 2. The summed E-state index contributed by atoms with van der Waals surface area (Å²) in [6, 6.07) is 31.3. The molecule has 5 atom stereocenters. The van der Waals surface area contributed by atoms with E-state index in [1.807, 2.05) is 18.2 Å². The van der Waals surface area contributed by atoms with Crippen LogP contribution in [-0.2, 0) is 17.8 Å². The molecule has 2 saturated heterocycles. The Bertz CT molecular complexity index is 2040. The number of nitrogens with one attached hydrogen (secondary N) is 1. The standard InChI is InChI=1S/C46H50N4O4/c1-30-7-18-43(45(52)47-30)50-28-35-26-37(11-16-42(35)46(50)53)49-23-21-48(22-24-49)20-19-33-25-36(33)29-54-39-13-8-32(9-14-39)44-40(31-5-3-2-4-6-31)15-10-34-27-38(51)12-17-41(34)44/h2-6,8-9,11-14,16-17,26-27,33,36,40,43-44,51H,1,7,10,15,18-25,28-29H2,(H,47,52)/t33-,36-,40-,43?,44+/m1/s1. The van der Waals surface area contributed by atoms with E-state index in [0.29, 0.717) is 37.0 Å². The second kappa shape index (κ2) is 14.6. The number of hydrogen-bond donors (Lipinski definition) is 2. The molecule has 1 unspecified atom stereocenters. The third kappa shape index (κ3) is 7.00. The molecule has 8 heteroatoms. The fourth-order valence-electron chi connectivity index (χ4n) is 9.54. The quantitative estimate of drug-likeness (QED) is 0.180. The monoisotopic (exact) mass is 722 g/mol. The molecule has 3 fully saturated rings. The number of fused-ring (bicyclic) bond motifs is 2. The third-order valence-corrected chi connectivity index (χ3v) is 12.8. The highest BCUT2D eigenvalue weighted by Gasteiger charge is 2.39. The highest BCUT2D eigenvalue weighted by atomic mass is 16.5. The number of hydrogen-bond acceptors (Lipinski definition) is 6. The van der Waals surface area contributed by atoms with Crippen molar-refractivity contribution in [3.63, 3.8) is 0 Å². The molecule has 2 N–H and O–H groups in total. The van der Waals surface area contributed by atoms with Crippen molar-refractivity contribution < 1.29 is 19.4 Å². The normalized spacial score (nSPS) is 25.3. The van der Waals surface area contributed by atoms with Crippen molar-refractivity contribution in [1.29, 1.82) is 0 Å². The first-order chi connectivity index (χ1) is 26.4. The fourth-order valence-corrected chi connectivity index (χ4v) is 9.54. The van der Waals surface area contributed by atoms with Gasteiger partial charge in [-0.2, -0.15) is 0 Å². The van der Waals surface area contributed by atoms with E-state index in [4.69, 9.17) is 4.74 Å². The van der Waals surface area contributed by atoms with Gasteiger partial charge in [0.2, 0.25) is 5.91 Å². The maximum atomic E-state index is 13.2. The van der Waals surface area contributed by atoms with Crippen LogP contribution in [0.3, 0.4) is 0 Å². The number of aryl methyl sites for hydroxylation is 1. The van der Waals surface area contributed by atoms with E-state index < -0.39 is 6.04 Å². The molecule has 8 nitrogen and oxygen atoms in total. The number of benzene rings is 4. The topological polar surface area (TPSA) is 85.4 Å². The number of piperidine rings is 1. The molecule has 0 aromatic heterocycles. The SMILES string of the molecule is C=C1CCC(N2Cc3cc(N4CCN(CC[C@@H]5C[C@@H]5COc5ccc([C@@H]6c7ccc(O)cc7CC[C@@H]6c6ccccc6)cc5)CC4)ccc3C2=O)C(=O)N1. The maximum absolute atomic E-state index is 13.2. The summed E-state index contributed by atoms with van der Waals surface area (Å²) in [5, 5.41) is 13.0. The number of anilines is 1. The van der Waals surface area contributed by atoms with Crippen LogP contribution in [0, 0.1) is 11.8 Å². The molecular weight excluding hydrogens is 673 g/mol. The molecule has 1 saturated carbocycles. The Morgan fingerprint density at radius 2 is 1.63 bits per heavy atom. The van der Waals surface area contributed by atoms with E-state index in [2.05, 4.69) is 94.5 Å². The number of carbonyl (C=O) groups excluding carboxylic acids is 2. The zero-order valence-corrected chi connectivity index (χ0v) is 31.0. The van der Waals surface area contributed by atoms with E-state index in [1.54, 1.807) is 4.90 Å². The van der Waals surface area contributed by atoms with Gasteiger partial charge in [-0.1, -0.05) is 55.1 Å². The first kappa shape index (κ1) is 34.7. The molecule has 0 spiro atoms. The molecule has 2 aliphatic carbocycles. The van der Waals surface area contributed by atoms with Gasteiger partial charge >= 0.3 is 0 Å². The third-order valence-electron chi connectivity index (χ3n) is 12.8. The van der Waals surface area contributed by atoms with Gasteiger partial charge < -0.3 is 25.0 Å². The Morgan fingerprint density at radius 3 is 2.43 bits per heavy atom. The lowest BCUT2D eigenvalue weighted by molar-refractivity contribution is -0.126. The Morgan fingerprint density at radius 1 is 0.815 bits per heavy atom. The smallest absolute Gasteiger partial charge is 0.255 e. The van der Waals surface area contributed by atoms with E-state index in [0.717, 1.165) is 86.4 Å². The minimum atomic E-state index is -0.427. The number of ether oxygens (including phenoxy) is 1. The summed E-state index contributed by atoms with van der Waals surface area (Å²) in [4.78, 5) is 32.5. The number of allylic oxidation sites excluding steroid dienone is 1. The molecule has 3 aliphatic heterocycles. The summed E-state index contributed by atoms with van der Waals surface area (Å²) in [5.74, 6) is 3.10. The predicted molar refractivity (Wildman–Crippen MR) is 211 cm³/mol. The Balaban J connectivity index is 0.738. The van der Waals surface area contributed by atoms with Gasteiger partial charge in [0.05, 0.1) is 6.61 Å². The van der Waals surface area contributed by atoms with Crippen LogP contribution in [0.2, 0.25) is 0 Å². The summed E-state index contributed by atoms with van der Waals surface area (Å²) in [6.07, 6.45) is 5.81. The minimum Gasteiger partial charge on any atom is -0.508 e. The molecule has 54 heavy (non-hydrogen) atoms. The molecule has 2 amide bonds. The second-order valence-corrected chi connectivity index (χ2v) is 16.1. The predicted octanol–water partition coefficient (Wildman–Crippen LogP) is 7.23. The first-order valence-electron chi connectivity index (χ1n) is 19.9. The largest absolute Gasteiger partial charge is 0.508 e. The molecule has 3 heterocycles. The summed E-state index contributed by atoms with van der Waals surface area (Å²) in [5.41, 5.74) is 8.86. The number of piperazine rings is 1. The van der Waals surface area contributed by atoms with Gasteiger partial charge in [-0.05, 0) is 133 Å². The zero-order chi connectivity index (χ0) is 36.8. The molecule has 4 aromatic carbocycles. The van der Waals surface area contributed by atoms with Crippen LogP contribution in [0.4, 0.5) is 5.69 Å². The number of rotatable bonds is 10. The summed E-state index contributed by atoms with van der Waals surface area (Å²) < 4.78 is 6.34. The van der Waals surface area contributed by atoms with Crippen LogP contribution in [0.1, 0.15) is 82.1 Å². The average molecular weight is 723 g/mol. The summed E-state index contributed by atoms with van der Waals surface area (Å²) in [6.45, 7) is 10.3. The van der Waals surface area contributed by atoms with Gasteiger partial charge in [0.15, 0.2) is 0 Å². The van der Waals surface area contributed by atoms with Crippen molar-refractivity contribution in [3.8, 4) is 11.5 Å². The molecule has 5 aliphatic rings. The minimum absolute atomic E-state index is 0.0442. The number of amides is 2. The van der Waals surface area contributed by atoms with E-state index >= 15 is 0 Å². The van der Waals surface area contributed by atoms with Gasteiger partial charge in [0.1, 0.15) is 17.5 Å². The van der Waals surface area contributed by atoms with Gasteiger partial charge in [-0.3, -0.25) is 14.5 Å². The van der Waals surface area contributed by atoms with Crippen LogP contribution < -0.4 is 15.0 Å². The van der Waals surface area contributed by atoms with Crippen LogP contribution in [-0.4, -0.2) is 72.1 Å². The van der Waals surface area contributed by atoms with Crippen molar-refractivity contribution in [2.45, 2.75) is 62.9 Å². The lowest BCUT2D eigenvalue weighted by Gasteiger charge is -2.36. The van der Waals surface area contributed by atoms with Crippen molar-refractivity contribution in [2.24, 2.45) is 11.8 Å². The van der Waals surface area contributed by atoms with Gasteiger partial charge in [0.25, 0.3) is 5.91 Å². The van der Waals surface area contributed by atoms with Crippen LogP contribution >= 0.6 is 0 Å². The Kier molecular flexibility index (Phi) is 9.39. The lowest BCUT2D eigenvalue weighted by atomic mass is 9.69. The van der Waals surface area contributed by atoms with E-state index in [1.165, 1.54) is 35.1 Å². The van der Waals surface area contributed by atoms with Crippen molar-refractivity contribution >= 4 is 17.5 Å². The van der Waals surface area contributed by atoms with Crippen LogP contribution in [0.5, 0.6) is 11.5 Å². The summed E-state index contributed by atoms with van der Waals surface area (Å²) in [7, 11) is 0. The average Bonchev–Trinajstić information content (AvgIpc) is 3.88. The van der Waals surface area contributed by atoms with Gasteiger partial charge in [0, 0.05) is 55.6 Å². The Hall–Kier alpha value is -5.08. The molecule has 0 radical (unpaired) electrons. The van der Waals surface area contributed by atoms with Crippen molar-refractivity contribution in [1.82, 2.24) is 15.1 Å². The number of nitrogens with zero attached hydrogens (tertiary/aromatic N) is 3.